The monoisotopic (exact) mass is 272 g/mol. The quantitative estimate of drug-likeness (QED) is 0.488. The molecule has 0 spiro atoms. The van der Waals surface area contributed by atoms with E-state index >= 15 is 0 Å². The summed E-state index contributed by atoms with van der Waals surface area (Å²) < 4.78 is 9.96. The second-order valence-corrected chi connectivity index (χ2v) is 4.20. The molecule has 0 atom stereocenters. The second-order valence-electron chi connectivity index (χ2n) is 4.20. The minimum Gasteiger partial charge on any atom is -0.427 e. The van der Waals surface area contributed by atoms with Crippen LogP contribution in [0.2, 0.25) is 0 Å². The smallest absolute Gasteiger partial charge is 0.308 e. The lowest BCUT2D eigenvalue weighted by atomic mass is 10.1. The number of hydrogen-bond donors (Lipinski definition) is 0. The molecule has 5 nitrogen and oxygen atoms in total. The van der Waals surface area contributed by atoms with E-state index in [2.05, 4.69) is 0 Å². The maximum absolute atomic E-state index is 11.0. The minimum absolute atomic E-state index is 0.209. The molecule has 0 bridgehead atoms. The van der Waals surface area contributed by atoms with Crippen LogP contribution >= 0.6 is 0 Å². The maximum atomic E-state index is 11.0. The molecule has 2 aromatic rings. The molecule has 102 valence electrons. The SMILES string of the molecule is CC(=O)Oc1ccc2cc(OC(C)=O)c(C=O)cc2c1. The minimum atomic E-state index is -0.496. The number of rotatable bonds is 3. The van der Waals surface area contributed by atoms with Gasteiger partial charge in [0.25, 0.3) is 0 Å². The molecule has 20 heavy (non-hydrogen) atoms. The normalized spacial score (nSPS) is 10.1. The Hall–Kier alpha value is -2.69. The topological polar surface area (TPSA) is 69.7 Å². The van der Waals surface area contributed by atoms with Crippen LogP contribution in [0.3, 0.4) is 0 Å². The Labute approximate surface area is 115 Å². The predicted molar refractivity (Wildman–Crippen MR) is 72.0 cm³/mol. The largest absolute Gasteiger partial charge is 0.427 e. The summed E-state index contributed by atoms with van der Waals surface area (Å²) >= 11 is 0. The van der Waals surface area contributed by atoms with Gasteiger partial charge >= 0.3 is 11.9 Å². The van der Waals surface area contributed by atoms with Crippen molar-refractivity contribution < 1.29 is 23.9 Å². The number of carbonyl (C=O) groups excluding carboxylic acids is 3. The van der Waals surface area contributed by atoms with Gasteiger partial charge in [0, 0.05) is 13.8 Å². The molecule has 0 unspecified atom stereocenters. The third-order valence-electron chi connectivity index (χ3n) is 2.58. The molecular formula is C15H12O5. The van der Waals surface area contributed by atoms with Crippen LogP contribution in [0.1, 0.15) is 24.2 Å². The van der Waals surface area contributed by atoms with Gasteiger partial charge in [-0.25, -0.2) is 0 Å². The molecule has 0 heterocycles. The van der Waals surface area contributed by atoms with Gasteiger partial charge in [0.2, 0.25) is 0 Å². The average molecular weight is 272 g/mol. The van der Waals surface area contributed by atoms with Crippen LogP contribution < -0.4 is 9.47 Å². The van der Waals surface area contributed by atoms with Crippen LogP contribution in [0.4, 0.5) is 0 Å². The molecule has 0 saturated heterocycles. The lowest BCUT2D eigenvalue weighted by molar-refractivity contribution is -0.132. The van der Waals surface area contributed by atoms with Gasteiger partial charge in [0.15, 0.2) is 6.29 Å². The Kier molecular flexibility index (Phi) is 3.79. The number of carbonyl (C=O) groups is 3. The Morgan fingerprint density at radius 3 is 2.25 bits per heavy atom. The van der Waals surface area contributed by atoms with Gasteiger partial charge in [0.1, 0.15) is 11.5 Å². The molecule has 2 rings (SSSR count). The first-order chi connectivity index (χ1) is 9.49. The number of hydrogen-bond acceptors (Lipinski definition) is 5. The molecule has 0 aliphatic heterocycles. The van der Waals surface area contributed by atoms with Gasteiger partial charge in [-0.2, -0.15) is 0 Å². The fraction of sp³-hybridized carbons (Fsp3) is 0.133. The van der Waals surface area contributed by atoms with E-state index in [0.717, 1.165) is 5.39 Å². The molecule has 2 aromatic carbocycles. The molecule has 0 N–H and O–H groups in total. The van der Waals surface area contributed by atoms with Crippen molar-refractivity contribution >= 4 is 29.0 Å². The highest BCUT2D eigenvalue weighted by Gasteiger charge is 2.09. The van der Waals surface area contributed by atoms with Gasteiger partial charge in [0.05, 0.1) is 5.56 Å². The summed E-state index contributed by atoms with van der Waals surface area (Å²) in [5, 5.41) is 1.48. The van der Waals surface area contributed by atoms with E-state index in [1.54, 1.807) is 30.3 Å². The molecule has 0 aliphatic rings. The number of esters is 2. The molecule has 5 heteroatoms. The highest BCUT2D eigenvalue weighted by molar-refractivity contribution is 5.94. The van der Waals surface area contributed by atoms with Crippen molar-refractivity contribution in [1.82, 2.24) is 0 Å². The van der Waals surface area contributed by atoms with E-state index in [4.69, 9.17) is 9.47 Å². The van der Waals surface area contributed by atoms with Gasteiger partial charge < -0.3 is 9.47 Å². The first-order valence-electron chi connectivity index (χ1n) is 5.89. The van der Waals surface area contributed by atoms with E-state index in [-0.39, 0.29) is 11.3 Å². The van der Waals surface area contributed by atoms with Gasteiger partial charge in [-0.1, -0.05) is 6.07 Å². The summed E-state index contributed by atoms with van der Waals surface area (Å²) in [6, 6.07) is 8.16. The fourth-order valence-corrected chi connectivity index (χ4v) is 1.84. The van der Waals surface area contributed by atoms with E-state index < -0.39 is 11.9 Å². The number of fused-ring (bicyclic) bond motifs is 1. The fourth-order valence-electron chi connectivity index (χ4n) is 1.84. The molecule has 0 fully saturated rings. The Morgan fingerprint density at radius 1 is 0.950 bits per heavy atom. The summed E-state index contributed by atoms with van der Waals surface area (Å²) in [7, 11) is 0. The van der Waals surface area contributed by atoms with Crippen molar-refractivity contribution in [2.45, 2.75) is 13.8 Å². The zero-order valence-electron chi connectivity index (χ0n) is 11.0. The van der Waals surface area contributed by atoms with Crippen LogP contribution in [0, 0.1) is 0 Å². The first-order valence-corrected chi connectivity index (χ1v) is 5.89. The lowest BCUT2D eigenvalue weighted by Crippen LogP contribution is -2.04. The number of benzene rings is 2. The van der Waals surface area contributed by atoms with Crippen molar-refractivity contribution in [1.29, 1.82) is 0 Å². The maximum Gasteiger partial charge on any atom is 0.308 e. The standard InChI is InChI=1S/C15H12O5/c1-9(17)19-14-4-3-11-7-15(20-10(2)18)13(8-16)5-12(11)6-14/h3-8H,1-2H3. The summed E-state index contributed by atoms with van der Waals surface area (Å²) in [5.41, 5.74) is 0.257. The summed E-state index contributed by atoms with van der Waals surface area (Å²) in [6.07, 6.45) is 0.607. The van der Waals surface area contributed by atoms with E-state index in [1.165, 1.54) is 13.8 Å². The van der Waals surface area contributed by atoms with Crippen LogP contribution in [-0.2, 0) is 9.59 Å². The summed E-state index contributed by atoms with van der Waals surface area (Å²) in [4.78, 5) is 32.9. The van der Waals surface area contributed by atoms with Crippen LogP contribution in [0.5, 0.6) is 11.5 Å². The van der Waals surface area contributed by atoms with Crippen LogP contribution in [0.15, 0.2) is 30.3 Å². The van der Waals surface area contributed by atoms with Crippen LogP contribution in [0.25, 0.3) is 10.8 Å². The number of ether oxygens (including phenoxy) is 2. The van der Waals surface area contributed by atoms with Crippen molar-refractivity contribution in [3.63, 3.8) is 0 Å². The number of aldehydes is 1. The molecule has 0 radical (unpaired) electrons. The third-order valence-corrected chi connectivity index (χ3v) is 2.58. The summed E-state index contributed by atoms with van der Waals surface area (Å²) in [6.45, 7) is 2.58. The zero-order valence-corrected chi connectivity index (χ0v) is 11.0. The van der Waals surface area contributed by atoms with E-state index in [1.807, 2.05) is 0 Å². The Morgan fingerprint density at radius 2 is 1.65 bits per heavy atom. The summed E-state index contributed by atoms with van der Waals surface area (Å²) in [5.74, 6) is -0.317. The lowest BCUT2D eigenvalue weighted by Gasteiger charge is -2.08. The van der Waals surface area contributed by atoms with Gasteiger partial charge in [-0.3, -0.25) is 14.4 Å². The molecule has 0 aliphatic carbocycles. The highest BCUT2D eigenvalue weighted by Crippen LogP contribution is 2.28. The molecule has 0 saturated carbocycles. The van der Waals surface area contributed by atoms with Gasteiger partial charge in [-0.15, -0.1) is 0 Å². The van der Waals surface area contributed by atoms with Crippen molar-refractivity contribution in [2.75, 3.05) is 0 Å². The predicted octanol–water partition coefficient (Wildman–Crippen LogP) is 2.50. The molecule has 0 aromatic heterocycles. The highest BCUT2D eigenvalue weighted by atomic mass is 16.5. The Balaban J connectivity index is 2.52. The molecule has 0 amide bonds. The van der Waals surface area contributed by atoms with Crippen molar-refractivity contribution in [2.24, 2.45) is 0 Å². The van der Waals surface area contributed by atoms with E-state index in [9.17, 15) is 14.4 Å². The van der Waals surface area contributed by atoms with Crippen molar-refractivity contribution in [3.8, 4) is 11.5 Å². The molecular weight excluding hydrogens is 260 g/mol. The van der Waals surface area contributed by atoms with Crippen molar-refractivity contribution in [3.05, 3.63) is 35.9 Å². The van der Waals surface area contributed by atoms with Crippen LogP contribution in [-0.4, -0.2) is 18.2 Å². The zero-order chi connectivity index (χ0) is 14.7. The average Bonchev–Trinajstić information content (AvgIpc) is 2.36. The Bertz CT molecular complexity index is 703. The van der Waals surface area contributed by atoms with E-state index in [0.29, 0.717) is 17.4 Å². The van der Waals surface area contributed by atoms with Gasteiger partial charge in [-0.05, 0) is 35.0 Å². The second kappa shape index (κ2) is 5.52. The first kappa shape index (κ1) is 13.7. The third kappa shape index (κ3) is 3.00.